The zero-order valence-electron chi connectivity index (χ0n) is 11.8. The fourth-order valence-corrected chi connectivity index (χ4v) is 3.76. The number of hydrogen-bond donors (Lipinski definition) is 1. The van der Waals surface area contributed by atoms with Gasteiger partial charge in [0.2, 0.25) is 0 Å². The maximum atomic E-state index is 3.70. The smallest absolute Gasteiger partial charge is 0.0252 e. The van der Waals surface area contributed by atoms with Crippen molar-refractivity contribution in [2.75, 3.05) is 19.6 Å². The molecule has 0 bridgehead atoms. The summed E-state index contributed by atoms with van der Waals surface area (Å²) in [6, 6.07) is 0.777. The summed E-state index contributed by atoms with van der Waals surface area (Å²) in [5, 5.41) is 3.70. The lowest BCUT2D eigenvalue weighted by Gasteiger charge is -2.46. The van der Waals surface area contributed by atoms with Crippen molar-refractivity contribution in [3.05, 3.63) is 0 Å². The van der Waals surface area contributed by atoms with E-state index in [1.807, 2.05) is 0 Å². The first-order chi connectivity index (χ1) is 8.05. The van der Waals surface area contributed by atoms with Gasteiger partial charge in [-0.1, -0.05) is 6.92 Å². The van der Waals surface area contributed by atoms with Crippen molar-refractivity contribution < 1.29 is 0 Å². The Hall–Kier alpha value is -0.0800. The molecule has 3 fully saturated rings. The van der Waals surface area contributed by atoms with Gasteiger partial charge in [0.25, 0.3) is 0 Å². The SMILES string of the molecule is CCC1CNC(C)(C)CN1CC1(C2CC2)CC1. The molecule has 2 saturated carbocycles. The Morgan fingerprint density at radius 1 is 1.24 bits per heavy atom. The molecule has 3 aliphatic rings. The molecule has 2 nitrogen and oxygen atoms in total. The molecule has 1 heterocycles. The molecule has 0 amide bonds. The minimum atomic E-state index is 0.311. The van der Waals surface area contributed by atoms with E-state index in [4.69, 9.17) is 0 Å². The molecule has 1 unspecified atom stereocenters. The first kappa shape index (κ1) is 12.0. The average molecular weight is 236 g/mol. The zero-order chi connectivity index (χ0) is 12.1. The topological polar surface area (TPSA) is 15.3 Å². The predicted octanol–water partition coefficient (Wildman–Crippen LogP) is 2.64. The summed E-state index contributed by atoms with van der Waals surface area (Å²) in [7, 11) is 0. The number of nitrogens with zero attached hydrogens (tertiary/aromatic N) is 1. The van der Waals surface area contributed by atoms with Gasteiger partial charge in [-0.15, -0.1) is 0 Å². The number of piperazine rings is 1. The molecule has 1 saturated heterocycles. The lowest BCUT2D eigenvalue weighted by molar-refractivity contribution is 0.0676. The number of rotatable bonds is 4. The van der Waals surface area contributed by atoms with E-state index in [1.54, 1.807) is 0 Å². The van der Waals surface area contributed by atoms with Crippen molar-refractivity contribution in [2.45, 2.75) is 64.5 Å². The van der Waals surface area contributed by atoms with Gasteiger partial charge in [-0.2, -0.15) is 0 Å². The molecule has 0 radical (unpaired) electrons. The molecule has 0 aromatic rings. The summed E-state index contributed by atoms with van der Waals surface area (Å²) in [4.78, 5) is 2.81. The summed E-state index contributed by atoms with van der Waals surface area (Å²) < 4.78 is 0. The number of hydrogen-bond acceptors (Lipinski definition) is 2. The van der Waals surface area contributed by atoms with E-state index in [-0.39, 0.29) is 0 Å². The van der Waals surface area contributed by atoms with Gasteiger partial charge in [-0.3, -0.25) is 4.90 Å². The van der Waals surface area contributed by atoms with Gasteiger partial charge in [-0.05, 0) is 57.3 Å². The van der Waals surface area contributed by atoms with Gasteiger partial charge < -0.3 is 5.32 Å². The van der Waals surface area contributed by atoms with E-state index < -0.39 is 0 Å². The molecular weight excluding hydrogens is 208 g/mol. The van der Waals surface area contributed by atoms with Crippen molar-refractivity contribution in [1.82, 2.24) is 10.2 Å². The van der Waals surface area contributed by atoms with Gasteiger partial charge in [0.15, 0.2) is 0 Å². The highest BCUT2D eigenvalue weighted by molar-refractivity contribution is 5.07. The highest BCUT2D eigenvalue weighted by Crippen LogP contribution is 2.61. The molecular formula is C15H28N2. The van der Waals surface area contributed by atoms with Crippen LogP contribution in [0.2, 0.25) is 0 Å². The molecule has 2 heteroatoms. The van der Waals surface area contributed by atoms with Crippen LogP contribution in [0, 0.1) is 11.3 Å². The van der Waals surface area contributed by atoms with E-state index >= 15 is 0 Å². The number of nitrogens with one attached hydrogen (secondary N) is 1. The van der Waals surface area contributed by atoms with Crippen LogP contribution in [-0.4, -0.2) is 36.1 Å². The second-order valence-electron chi connectivity index (χ2n) is 7.37. The Labute approximate surface area is 106 Å². The molecule has 98 valence electrons. The standard InChI is InChI=1S/C15H28N2/c1-4-13-9-16-14(2,3)10-17(13)11-15(7-8-15)12-5-6-12/h12-13,16H,4-11H2,1-3H3. The van der Waals surface area contributed by atoms with E-state index in [1.165, 1.54) is 51.7 Å². The van der Waals surface area contributed by atoms with Crippen LogP contribution >= 0.6 is 0 Å². The molecule has 17 heavy (non-hydrogen) atoms. The highest BCUT2D eigenvalue weighted by Gasteiger charge is 2.55. The molecule has 1 N–H and O–H groups in total. The molecule has 0 aromatic heterocycles. The first-order valence-electron chi connectivity index (χ1n) is 7.54. The molecule has 1 aliphatic heterocycles. The van der Waals surface area contributed by atoms with Gasteiger partial charge >= 0.3 is 0 Å². The van der Waals surface area contributed by atoms with Crippen molar-refractivity contribution in [3.8, 4) is 0 Å². The lowest BCUT2D eigenvalue weighted by atomic mass is 9.93. The second-order valence-corrected chi connectivity index (χ2v) is 7.37. The maximum Gasteiger partial charge on any atom is 0.0252 e. The minimum Gasteiger partial charge on any atom is -0.309 e. The van der Waals surface area contributed by atoms with Gasteiger partial charge in [0.05, 0.1) is 0 Å². The maximum absolute atomic E-state index is 3.70. The Morgan fingerprint density at radius 3 is 2.47 bits per heavy atom. The zero-order valence-corrected chi connectivity index (χ0v) is 11.8. The molecule has 1 atom stereocenters. The largest absolute Gasteiger partial charge is 0.309 e. The third-order valence-electron chi connectivity index (χ3n) is 5.26. The summed E-state index contributed by atoms with van der Waals surface area (Å²) in [5.74, 6) is 1.10. The van der Waals surface area contributed by atoms with Crippen LogP contribution < -0.4 is 5.32 Å². The van der Waals surface area contributed by atoms with Crippen LogP contribution in [0.25, 0.3) is 0 Å². The molecule has 2 aliphatic carbocycles. The van der Waals surface area contributed by atoms with Crippen molar-refractivity contribution in [2.24, 2.45) is 11.3 Å². The van der Waals surface area contributed by atoms with Crippen molar-refractivity contribution in [3.63, 3.8) is 0 Å². The normalized spacial score (nSPS) is 35.8. The summed E-state index contributed by atoms with van der Waals surface area (Å²) in [6.07, 6.45) is 7.36. The third kappa shape index (κ3) is 2.39. The van der Waals surface area contributed by atoms with Gasteiger partial charge in [0, 0.05) is 31.2 Å². The van der Waals surface area contributed by atoms with E-state index in [0.717, 1.165) is 17.4 Å². The minimum absolute atomic E-state index is 0.311. The predicted molar refractivity (Wildman–Crippen MR) is 72.1 cm³/mol. The molecule has 0 spiro atoms. The van der Waals surface area contributed by atoms with Crippen LogP contribution in [0.4, 0.5) is 0 Å². The van der Waals surface area contributed by atoms with Crippen LogP contribution in [0.5, 0.6) is 0 Å². The summed E-state index contributed by atoms with van der Waals surface area (Å²) >= 11 is 0. The summed E-state index contributed by atoms with van der Waals surface area (Å²) in [5.41, 5.74) is 1.08. The van der Waals surface area contributed by atoms with Crippen molar-refractivity contribution in [1.29, 1.82) is 0 Å². The van der Waals surface area contributed by atoms with E-state index in [9.17, 15) is 0 Å². The Bertz CT molecular complexity index is 289. The Balaban J connectivity index is 1.66. The molecule has 3 rings (SSSR count). The monoisotopic (exact) mass is 236 g/mol. The van der Waals surface area contributed by atoms with Crippen LogP contribution in [0.1, 0.15) is 52.9 Å². The van der Waals surface area contributed by atoms with E-state index in [0.29, 0.717) is 5.54 Å². The second kappa shape index (κ2) is 3.96. The quantitative estimate of drug-likeness (QED) is 0.807. The van der Waals surface area contributed by atoms with Gasteiger partial charge in [0.1, 0.15) is 0 Å². The van der Waals surface area contributed by atoms with Crippen LogP contribution in [0.15, 0.2) is 0 Å². The first-order valence-corrected chi connectivity index (χ1v) is 7.54. The van der Waals surface area contributed by atoms with Crippen LogP contribution in [0.3, 0.4) is 0 Å². The van der Waals surface area contributed by atoms with Crippen LogP contribution in [-0.2, 0) is 0 Å². The van der Waals surface area contributed by atoms with Crippen molar-refractivity contribution >= 4 is 0 Å². The Kier molecular flexibility index (Phi) is 2.79. The van der Waals surface area contributed by atoms with Gasteiger partial charge in [-0.25, -0.2) is 0 Å². The fourth-order valence-electron chi connectivity index (χ4n) is 3.76. The fraction of sp³-hybridized carbons (Fsp3) is 1.00. The lowest BCUT2D eigenvalue weighted by Crippen LogP contribution is -2.62. The molecule has 0 aromatic carbocycles. The van der Waals surface area contributed by atoms with E-state index in [2.05, 4.69) is 31.0 Å². The third-order valence-corrected chi connectivity index (χ3v) is 5.26. The Morgan fingerprint density at radius 2 is 1.94 bits per heavy atom. The summed E-state index contributed by atoms with van der Waals surface area (Å²) in [6.45, 7) is 10.9. The highest BCUT2D eigenvalue weighted by atomic mass is 15.3. The average Bonchev–Trinajstić information content (AvgIpc) is 3.11.